The second kappa shape index (κ2) is 6.82. The summed E-state index contributed by atoms with van der Waals surface area (Å²) >= 11 is 0. The maximum absolute atomic E-state index is 10.7. The van der Waals surface area contributed by atoms with Crippen LogP contribution in [0.25, 0.3) is 0 Å². The molecule has 2 aliphatic rings. The van der Waals surface area contributed by atoms with E-state index in [1.54, 1.807) is 0 Å². The molecule has 2 heterocycles. The Morgan fingerprint density at radius 1 is 0.739 bits per heavy atom. The Balaban J connectivity index is 2.38. The maximum Gasteiger partial charge on any atom is 0.184 e. The summed E-state index contributed by atoms with van der Waals surface area (Å²) in [5.74, 6) is 0. The van der Waals surface area contributed by atoms with E-state index in [1.165, 1.54) is 0 Å². The van der Waals surface area contributed by atoms with Crippen LogP contribution in [-0.2, 0) is 9.47 Å². The molecule has 0 spiro atoms. The maximum atomic E-state index is 10.7. The smallest absolute Gasteiger partial charge is 0.184 e. The van der Waals surface area contributed by atoms with Gasteiger partial charge in [-0.1, -0.05) is 0 Å². The Hall–Kier alpha value is -0.440. The summed E-state index contributed by atoms with van der Waals surface area (Å²) in [4.78, 5) is 0. The normalized spacial score (nSPS) is 54.9. The lowest BCUT2D eigenvalue weighted by atomic mass is 9.75. The van der Waals surface area contributed by atoms with Crippen molar-refractivity contribution in [2.75, 3.05) is 13.2 Å². The Morgan fingerprint density at radius 3 is 1.87 bits per heavy atom. The highest BCUT2D eigenvalue weighted by Crippen LogP contribution is 2.38. The number of rotatable bonds is 3. The lowest BCUT2D eigenvalue weighted by molar-refractivity contribution is -0.367. The van der Waals surface area contributed by atoms with Gasteiger partial charge in [0.2, 0.25) is 0 Å². The van der Waals surface area contributed by atoms with Crippen molar-refractivity contribution in [3.8, 4) is 0 Å². The molecule has 2 saturated heterocycles. The van der Waals surface area contributed by atoms with Crippen LogP contribution >= 0.6 is 0 Å². The lowest BCUT2D eigenvalue weighted by Gasteiger charge is -2.54. The van der Waals surface area contributed by atoms with Gasteiger partial charge < -0.3 is 55.4 Å². The van der Waals surface area contributed by atoms with Crippen LogP contribution in [0, 0.1) is 0 Å². The molecule has 23 heavy (non-hydrogen) atoms. The fourth-order valence-electron chi connectivity index (χ4n) is 3.00. The molecule has 2 aliphatic heterocycles. The fourth-order valence-corrected chi connectivity index (χ4v) is 3.00. The first-order valence-electron chi connectivity index (χ1n) is 7.03. The molecule has 0 amide bonds. The van der Waals surface area contributed by atoms with Crippen molar-refractivity contribution in [3.05, 3.63) is 0 Å². The Kier molecular flexibility index (Phi) is 5.60. The van der Waals surface area contributed by atoms with E-state index in [0.29, 0.717) is 0 Å². The van der Waals surface area contributed by atoms with Crippen LogP contribution in [0.2, 0.25) is 0 Å². The van der Waals surface area contributed by atoms with Gasteiger partial charge >= 0.3 is 0 Å². The minimum Gasteiger partial charge on any atom is -0.394 e. The van der Waals surface area contributed by atoms with E-state index in [0.717, 1.165) is 0 Å². The third-order valence-electron chi connectivity index (χ3n) is 4.42. The van der Waals surface area contributed by atoms with Crippen LogP contribution in [-0.4, -0.2) is 120 Å². The van der Waals surface area contributed by atoms with Crippen LogP contribution < -0.4 is 0 Å². The third-order valence-corrected chi connectivity index (χ3v) is 4.42. The molecule has 0 radical (unpaired) electrons. The summed E-state index contributed by atoms with van der Waals surface area (Å²) < 4.78 is 9.97. The van der Waals surface area contributed by atoms with Gasteiger partial charge in [-0.05, 0) is 0 Å². The minimum absolute atomic E-state index is 0.774. The summed E-state index contributed by atoms with van der Waals surface area (Å²) in [5, 5.41) is 88.0. The quantitative estimate of drug-likeness (QED) is 0.236. The summed E-state index contributed by atoms with van der Waals surface area (Å²) in [7, 11) is 0. The molecule has 11 nitrogen and oxygen atoms in total. The van der Waals surface area contributed by atoms with Gasteiger partial charge in [-0.15, -0.1) is 0 Å². The highest BCUT2D eigenvalue weighted by Gasteiger charge is 2.63. The van der Waals surface area contributed by atoms with Gasteiger partial charge in [0.25, 0.3) is 0 Å². The number of aliphatic hydroxyl groups is 9. The van der Waals surface area contributed by atoms with E-state index in [4.69, 9.17) is 14.6 Å². The van der Waals surface area contributed by atoms with Crippen molar-refractivity contribution in [3.63, 3.8) is 0 Å². The zero-order valence-corrected chi connectivity index (χ0v) is 12.0. The molecular weight excluding hydrogens is 320 g/mol. The van der Waals surface area contributed by atoms with Crippen LogP contribution in [0.4, 0.5) is 0 Å². The standard InChI is InChI=1S/C12H22O11/c13-1-3-5(15)6(16)7(17)10(22-3)12(21)4(2-14)23-11(20)8(18)9(12)19/h3-11,13-21H,1-2H2/t3-,4-,5-,6+,7-,8-,9-,10-,11?,12-/m1/s1. The number of ether oxygens (including phenoxy) is 2. The van der Waals surface area contributed by atoms with Gasteiger partial charge in [-0.2, -0.15) is 0 Å². The Bertz CT molecular complexity index is 402. The molecule has 2 rings (SSSR count). The van der Waals surface area contributed by atoms with Crippen molar-refractivity contribution >= 4 is 0 Å². The van der Waals surface area contributed by atoms with E-state index in [2.05, 4.69) is 0 Å². The molecular formula is C12H22O11. The average molecular weight is 342 g/mol. The zero-order valence-electron chi connectivity index (χ0n) is 12.0. The van der Waals surface area contributed by atoms with Crippen LogP contribution in [0.1, 0.15) is 0 Å². The van der Waals surface area contributed by atoms with Gasteiger partial charge in [0.15, 0.2) is 11.9 Å². The van der Waals surface area contributed by atoms with E-state index in [9.17, 15) is 40.9 Å². The largest absolute Gasteiger partial charge is 0.394 e. The van der Waals surface area contributed by atoms with E-state index in [1.807, 2.05) is 0 Å². The Morgan fingerprint density at radius 2 is 1.35 bits per heavy atom. The zero-order chi connectivity index (χ0) is 17.5. The second-order valence-electron chi connectivity index (χ2n) is 5.77. The van der Waals surface area contributed by atoms with Crippen molar-refractivity contribution in [2.45, 2.75) is 60.7 Å². The molecule has 0 bridgehead atoms. The molecule has 0 aliphatic carbocycles. The molecule has 1 unspecified atom stereocenters. The summed E-state index contributed by atoms with van der Waals surface area (Å²) in [5.41, 5.74) is -2.64. The predicted molar refractivity (Wildman–Crippen MR) is 68.7 cm³/mol. The highest BCUT2D eigenvalue weighted by atomic mass is 16.6. The number of hydrogen-bond acceptors (Lipinski definition) is 11. The van der Waals surface area contributed by atoms with Crippen LogP contribution in [0.3, 0.4) is 0 Å². The third kappa shape index (κ3) is 2.88. The first-order chi connectivity index (χ1) is 10.7. The molecule has 0 saturated carbocycles. The van der Waals surface area contributed by atoms with Crippen molar-refractivity contribution < 1.29 is 55.4 Å². The van der Waals surface area contributed by atoms with Gasteiger partial charge in [0.05, 0.1) is 13.2 Å². The number of aliphatic hydroxyl groups excluding tert-OH is 8. The minimum atomic E-state index is -2.64. The van der Waals surface area contributed by atoms with E-state index in [-0.39, 0.29) is 0 Å². The van der Waals surface area contributed by atoms with Gasteiger partial charge in [0, 0.05) is 0 Å². The van der Waals surface area contributed by atoms with Crippen LogP contribution in [0.5, 0.6) is 0 Å². The van der Waals surface area contributed by atoms with E-state index >= 15 is 0 Å². The van der Waals surface area contributed by atoms with Crippen molar-refractivity contribution in [1.82, 2.24) is 0 Å². The molecule has 2 fully saturated rings. The SMILES string of the molecule is OC[C@H]1O[C@@H]([C@]2(O)[C@H](O)[C@@H](O)C(O)O[C@@H]2CO)[C@H](O)[C@@H](O)[C@@H]1O. The first kappa shape index (κ1) is 18.9. The molecule has 10 atom stereocenters. The molecule has 136 valence electrons. The molecule has 9 N–H and O–H groups in total. The summed E-state index contributed by atoms with van der Waals surface area (Å²) in [6.07, 6.45) is -16.4. The van der Waals surface area contributed by atoms with Gasteiger partial charge in [0.1, 0.15) is 48.8 Å². The summed E-state index contributed by atoms with van der Waals surface area (Å²) in [6, 6.07) is 0. The molecule has 11 heteroatoms. The van der Waals surface area contributed by atoms with Crippen molar-refractivity contribution in [1.29, 1.82) is 0 Å². The lowest BCUT2D eigenvalue weighted by Crippen LogP contribution is -2.77. The Labute approximate surface area is 130 Å². The summed E-state index contributed by atoms with van der Waals surface area (Å²) in [6.45, 7) is -1.70. The van der Waals surface area contributed by atoms with Crippen molar-refractivity contribution in [2.24, 2.45) is 0 Å². The average Bonchev–Trinajstić information content (AvgIpc) is 2.54. The highest BCUT2D eigenvalue weighted by molar-refractivity contribution is 5.11. The topological polar surface area (TPSA) is 201 Å². The molecule has 0 aromatic rings. The predicted octanol–water partition coefficient (Wildman–Crippen LogP) is -6.01. The fraction of sp³-hybridized carbons (Fsp3) is 1.00. The molecule has 0 aromatic carbocycles. The van der Waals surface area contributed by atoms with Crippen LogP contribution in [0.15, 0.2) is 0 Å². The molecule has 0 aromatic heterocycles. The van der Waals surface area contributed by atoms with Gasteiger partial charge in [-0.3, -0.25) is 0 Å². The first-order valence-corrected chi connectivity index (χ1v) is 7.03. The number of hydrogen-bond donors (Lipinski definition) is 9. The van der Waals surface area contributed by atoms with Gasteiger partial charge in [-0.25, -0.2) is 0 Å². The van der Waals surface area contributed by atoms with E-state index < -0.39 is 73.9 Å². The monoisotopic (exact) mass is 342 g/mol. The second-order valence-corrected chi connectivity index (χ2v) is 5.77.